The predicted octanol–water partition coefficient (Wildman–Crippen LogP) is 1.71. The number of aldehydes is 1. The summed E-state index contributed by atoms with van der Waals surface area (Å²) < 4.78 is 1.96. The standard InChI is InChI=1S/C10H10NOS/c1-11-8(6-12)7-13-10-5-3-2-4-9(10)11/h2-6H,7H2,1H3/q+1. The zero-order valence-electron chi connectivity index (χ0n) is 7.36. The summed E-state index contributed by atoms with van der Waals surface area (Å²) in [7, 11) is 1.93. The molecule has 1 heterocycles. The van der Waals surface area contributed by atoms with Crippen molar-refractivity contribution in [2.75, 3.05) is 12.8 Å². The summed E-state index contributed by atoms with van der Waals surface area (Å²) in [6, 6.07) is 8.12. The molecule has 2 rings (SSSR count). The highest BCUT2D eigenvalue weighted by Gasteiger charge is 2.22. The van der Waals surface area contributed by atoms with Crippen LogP contribution in [0, 0.1) is 0 Å². The number of fused-ring (bicyclic) bond motifs is 1. The summed E-state index contributed by atoms with van der Waals surface area (Å²) >= 11 is 1.72. The lowest BCUT2D eigenvalue weighted by atomic mass is 10.3. The highest BCUT2D eigenvalue weighted by atomic mass is 32.2. The van der Waals surface area contributed by atoms with Crippen molar-refractivity contribution in [3.05, 3.63) is 24.3 Å². The Morgan fingerprint density at radius 2 is 2.23 bits per heavy atom. The Hall–Kier alpha value is -1.09. The van der Waals surface area contributed by atoms with E-state index in [-0.39, 0.29) is 0 Å². The minimum atomic E-state index is 0.775. The zero-order valence-corrected chi connectivity index (χ0v) is 8.17. The van der Waals surface area contributed by atoms with Gasteiger partial charge < -0.3 is 0 Å². The Morgan fingerprint density at radius 1 is 1.46 bits per heavy atom. The quantitative estimate of drug-likeness (QED) is 0.498. The summed E-state index contributed by atoms with van der Waals surface area (Å²) in [5.41, 5.74) is 1.96. The Kier molecular flexibility index (Phi) is 2.19. The van der Waals surface area contributed by atoms with Crippen LogP contribution in [0.3, 0.4) is 0 Å². The second kappa shape index (κ2) is 3.34. The van der Waals surface area contributed by atoms with Crippen LogP contribution in [-0.2, 0) is 4.79 Å². The molecule has 1 aromatic rings. The van der Waals surface area contributed by atoms with Gasteiger partial charge >= 0.3 is 0 Å². The van der Waals surface area contributed by atoms with Crippen molar-refractivity contribution in [3.8, 4) is 0 Å². The SMILES string of the molecule is C[N+]1=C(C=O)CSc2ccccc21. The fourth-order valence-electron chi connectivity index (χ4n) is 1.37. The van der Waals surface area contributed by atoms with Gasteiger partial charge in [-0.05, 0) is 6.07 Å². The summed E-state index contributed by atoms with van der Waals surface area (Å²) in [4.78, 5) is 11.9. The third-order valence-electron chi connectivity index (χ3n) is 2.17. The first kappa shape index (κ1) is 8.51. The molecule has 13 heavy (non-hydrogen) atoms. The Balaban J connectivity index is 2.58. The molecule has 0 saturated carbocycles. The van der Waals surface area contributed by atoms with Crippen molar-refractivity contribution in [2.24, 2.45) is 0 Å². The Morgan fingerprint density at radius 3 is 3.00 bits per heavy atom. The molecule has 3 heteroatoms. The molecule has 0 radical (unpaired) electrons. The molecule has 0 amide bonds. The largest absolute Gasteiger partial charge is 0.292 e. The number of benzene rings is 1. The lowest BCUT2D eigenvalue weighted by Gasteiger charge is -2.10. The fourth-order valence-corrected chi connectivity index (χ4v) is 2.47. The topological polar surface area (TPSA) is 20.1 Å². The van der Waals surface area contributed by atoms with E-state index in [1.807, 2.05) is 29.8 Å². The van der Waals surface area contributed by atoms with Crippen molar-refractivity contribution >= 4 is 29.4 Å². The maximum absolute atomic E-state index is 10.7. The molecule has 0 unspecified atom stereocenters. The molecule has 2 nitrogen and oxygen atoms in total. The van der Waals surface area contributed by atoms with Crippen LogP contribution in [0.25, 0.3) is 0 Å². The Bertz CT molecular complexity index is 384. The first-order chi connectivity index (χ1) is 6.33. The maximum atomic E-state index is 10.7. The van der Waals surface area contributed by atoms with Crippen molar-refractivity contribution in [1.29, 1.82) is 0 Å². The van der Waals surface area contributed by atoms with Crippen LogP contribution in [0.5, 0.6) is 0 Å². The normalized spacial score (nSPS) is 15.5. The van der Waals surface area contributed by atoms with E-state index in [4.69, 9.17) is 0 Å². The number of hydrogen-bond donors (Lipinski definition) is 0. The van der Waals surface area contributed by atoms with E-state index in [0.29, 0.717) is 0 Å². The molecule has 0 aromatic heterocycles. The molecule has 0 atom stereocenters. The summed E-state index contributed by atoms with van der Waals surface area (Å²) in [5.74, 6) is 0.775. The van der Waals surface area contributed by atoms with Gasteiger partial charge in [-0.1, -0.05) is 12.1 Å². The minimum Gasteiger partial charge on any atom is -0.292 e. The molecule has 0 aliphatic carbocycles. The van der Waals surface area contributed by atoms with E-state index in [0.717, 1.165) is 23.4 Å². The average molecular weight is 192 g/mol. The van der Waals surface area contributed by atoms with Gasteiger partial charge in [0.05, 0.1) is 10.6 Å². The van der Waals surface area contributed by atoms with E-state index < -0.39 is 0 Å². The van der Waals surface area contributed by atoms with Gasteiger partial charge in [-0.25, -0.2) is 0 Å². The third-order valence-corrected chi connectivity index (χ3v) is 3.27. The van der Waals surface area contributed by atoms with E-state index in [1.54, 1.807) is 11.8 Å². The van der Waals surface area contributed by atoms with E-state index >= 15 is 0 Å². The van der Waals surface area contributed by atoms with Gasteiger partial charge in [-0.2, -0.15) is 4.58 Å². The molecule has 0 N–H and O–H groups in total. The number of carbonyl (C=O) groups excluding carboxylic acids is 1. The van der Waals surface area contributed by atoms with Gasteiger partial charge in [0.25, 0.3) is 0 Å². The molecule has 0 fully saturated rings. The zero-order chi connectivity index (χ0) is 9.26. The molecule has 1 aliphatic rings. The lowest BCUT2D eigenvalue weighted by molar-refractivity contribution is -0.407. The molecule has 0 bridgehead atoms. The van der Waals surface area contributed by atoms with E-state index in [9.17, 15) is 4.79 Å². The monoisotopic (exact) mass is 192 g/mol. The summed E-state index contributed by atoms with van der Waals surface area (Å²) in [6.07, 6.45) is 0.933. The van der Waals surface area contributed by atoms with Gasteiger partial charge in [-0.3, -0.25) is 4.79 Å². The van der Waals surface area contributed by atoms with Gasteiger partial charge in [0.1, 0.15) is 7.05 Å². The van der Waals surface area contributed by atoms with Crippen LogP contribution in [0.4, 0.5) is 5.69 Å². The van der Waals surface area contributed by atoms with Gasteiger partial charge in [-0.15, -0.1) is 11.8 Å². The highest BCUT2D eigenvalue weighted by Crippen LogP contribution is 2.31. The lowest BCUT2D eigenvalue weighted by Crippen LogP contribution is -2.20. The van der Waals surface area contributed by atoms with Crippen LogP contribution >= 0.6 is 11.8 Å². The summed E-state index contributed by atoms with van der Waals surface area (Å²) in [5, 5.41) is 0. The van der Waals surface area contributed by atoms with Crippen LogP contribution in [0.2, 0.25) is 0 Å². The van der Waals surface area contributed by atoms with Crippen molar-refractivity contribution in [2.45, 2.75) is 4.90 Å². The molecule has 0 spiro atoms. The third kappa shape index (κ3) is 1.40. The predicted molar refractivity (Wildman–Crippen MR) is 54.1 cm³/mol. The molecule has 1 aliphatic heterocycles. The van der Waals surface area contributed by atoms with Crippen LogP contribution < -0.4 is 0 Å². The molecule has 66 valence electrons. The highest BCUT2D eigenvalue weighted by molar-refractivity contribution is 8.00. The number of thioether (sulfide) groups is 1. The number of carbonyl (C=O) groups is 1. The second-order valence-corrected chi connectivity index (χ2v) is 3.94. The smallest absolute Gasteiger partial charge is 0.232 e. The number of nitrogens with zero attached hydrogens (tertiary/aromatic N) is 1. The number of rotatable bonds is 1. The first-order valence-corrected chi connectivity index (χ1v) is 5.08. The van der Waals surface area contributed by atoms with Crippen LogP contribution in [0.1, 0.15) is 0 Å². The van der Waals surface area contributed by atoms with Crippen LogP contribution in [-0.4, -0.2) is 29.4 Å². The van der Waals surface area contributed by atoms with Crippen molar-refractivity contribution in [3.63, 3.8) is 0 Å². The number of para-hydroxylation sites is 1. The minimum absolute atomic E-state index is 0.775. The van der Waals surface area contributed by atoms with Crippen molar-refractivity contribution in [1.82, 2.24) is 0 Å². The van der Waals surface area contributed by atoms with E-state index in [2.05, 4.69) is 6.07 Å². The van der Waals surface area contributed by atoms with Crippen molar-refractivity contribution < 1.29 is 9.37 Å². The molecule has 0 saturated heterocycles. The summed E-state index contributed by atoms with van der Waals surface area (Å²) in [6.45, 7) is 0. The molecular weight excluding hydrogens is 182 g/mol. The van der Waals surface area contributed by atoms with Gasteiger partial charge in [0.2, 0.25) is 17.7 Å². The maximum Gasteiger partial charge on any atom is 0.232 e. The van der Waals surface area contributed by atoms with Crippen LogP contribution in [0.15, 0.2) is 29.2 Å². The van der Waals surface area contributed by atoms with E-state index in [1.165, 1.54) is 4.90 Å². The first-order valence-electron chi connectivity index (χ1n) is 4.09. The van der Waals surface area contributed by atoms with Gasteiger partial charge in [0, 0.05) is 6.07 Å². The van der Waals surface area contributed by atoms with Gasteiger partial charge in [0.15, 0.2) is 0 Å². The fraction of sp³-hybridized carbons (Fsp3) is 0.200. The average Bonchev–Trinajstić information content (AvgIpc) is 2.19. The second-order valence-electron chi connectivity index (χ2n) is 2.92. The Labute approximate surface area is 81.3 Å². The number of hydrogen-bond acceptors (Lipinski definition) is 2. The molecule has 1 aromatic carbocycles. The molecular formula is C10H10NOS+.